The van der Waals surface area contributed by atoms with E-state index in [1.807, 2.05) is 39.3 Å². The second-order valence-electron chi connectivity index (χ2n) is 13.3. The normalized spacial score (nSPS) is 23.1. The van der Waals surface area contributed by atoms with Crippen molar-refractivity contribution in [2.75, 3.05) is 13.2 Å². The van der Waals surface area contributed by atoms with Gasteiger partial charge in [-0.1, -0.05) is 0 Å². The van der Waals surface area contributed by atoms with Crippen LogP contribution < -0.4 is 4.74 Å². The molecule has 0 saturated carbocycles. The predicted molar refractivity (Wildman–Crippen MR) is 168 cm³/mol. The summed E-state index contributed by atoms with van der Waals surface area (Å²) in [4.78, 5) is 36.7. The predicted octanol–water partition coefficient (Wildman–Crippen LogP) is 5.49. The van der Waals surface area contributed by atoms with Gasteiger partial charge in [-0.25, -0.2) is 0 Å². The number of rotatable bonds is 15. The highest BCUT2D eigenvalue weighted by molar-refractivity contribution is 6.70. The fourth-order valence-corrected chi connectivity index (χ4v) is 7.83. The van der Waals surface area contributed by atoms with E-state index in [9.17, 15) is 19.7 Å². The first kappa shape index (κ1) is 37.0. The summed E-state index contributed by atoms with van der Waals surface area (Å²) in [6, 6.07) is 5.66. The van der Waals surface area contributed by atoms with Crippen molar-refractivity contribution in [3.63, 3.8) is 0 Å². The molecule has 0 radical (unpaired) electrons. The molecular formula is C28H49NO11Si3. The van der Waals surface area contributed by atoms with Gasteiger partial charge in [0, 0.05) is 18.6 Å². The number of nitro benzene ring substituents is 1. The standard InChI is InChI=1S/C28H49NO11Si3/c1-12-34-26(30)21(27(31)35-13-2)18-22-23(38-41(3,4)5)24(39-42(6,7)8)25(40-43(9,10)11)28(37-22)36-20-16-14-19(15-17-20)29(32)33/h14-17,21-25,28H,12-13,18H2,1-11H3/t22-,23-,24+,25+,28+/m1/s1. The molecule has 43 heavy (non-hydrogen) atoms. The third kappa shape index (κ3) is 12.0. The monoisotopic (exact) mass is 659 g/mol. The number of non-ortho nitro benzene ring substituents is 1. The van der Waals surface area contributed by atoms with Crippen molar-refractivity contribution in [3.05, 3.63) is 34.4 Å². The Labute approximate surface area is 258 Å². The van der Waals surface area contributed by atoms with Gasteiger partial charge >= 0.3 is 11.9 Å². The highest BCUT2D eigenvalue weighted by Gasteiger charge is 2.54. The maximum atomic E-state index is 13.0. The minimum atomic E-state index is -2.27. The van der Waals surface area contributed by atoms with Crippen molar-refractivity contribution in [2.45, 2.75) is 110 Å². The van der Waals surface area contributed by atoms with Crippen LogP contribution in [0.1, 0.15) is 20.3 Å². The zero-order chi connectivity index (χ0) is 32.8. The lowest BCUT2D eigenvalue weighted by Gasteiger charge is -2.50. The molecule has 5 atom stereocenters. The van der Waals surface area contributed by atoms with Gasteiger partial charge in [0.25, 0.3) is 5.69 Å². The third-order valence-electron chi connectivity index (χ3n) is 5.97. The number of esters is 2. The van der Waals surface area contributed by atoms with Gasteiger partial charge in [-0.15, -0.1) is 0 Å². The van der Waals surface area contributed by atoms with Crippen LogP contribution in [0.2, 0.25) is 58.9 Å². The molecule has 1 aromatic carbocycles. The number of carbonyl (C=O) groups excluding carboxylic acids is 2. The molecule has 1 aliphatic heterocycles. The van der Waals surface area contributed by atoms with Crippen LogP contribution in [0.3, 0.4) is 0 Å². The van der Waals surface area contributed by atoms with E-state index in [2.05, 4.69) is 19.6 Å². The second kappa shape index (κ2) is 15.2. The Morgan fingerprint density at radius 3 is 1.65 bits per heavy atom. The molecule has 1 saturated heterocycles. The molecule has 1 heterocycles. The molecule has 1 aliphatic rings. The molecule has 12 nitrogen and oxygen atoms in total. The number of nitrogens with zero attached hydrogens (tertiary/aromatic N) is 1. The first-order valence-corrected chi connectivity index (χ1v) is 24.9. The Hall–Kier alpha value is -2.15. The lowest BCUT2D eigenvalue weighted by molar-refractivity contribution is -0.384. The van der Waals surface area contributed by atoms with Crippen LogP contribution in [0.25, 0.3) is 0 Å². The Kier molecular flexibility index (Phi) is 13.1. The van der Waals surface area contributed by atoms with Gasteiger partial charge < -0.3 is 32.2 Å². The van der Waals surface area contributed by atoms with Crippen molar-refractivity contribution in [2.24, 2.45) is 5.92 Å². The van der Waals surface area contributed by atoms with Gasteiger partial charge in [-0.05, 0) is 84.9 Å². The largest absolute Gasteiger partial charge is 0.465 e. The van der Waals surface area contributed by atoms with E-state index in [0.29, 0.717) is 5.75 Å². The second-order valence-corrected chi connectivity index (χ2v) is 26.7. The number of hydrogen-bond donors (Lipinski definition) is 0. The highest BCUT2D eigenvalue weighted by atomic mass is 28.4. The van der Waals surface area contributed by atoms with Gasteiger partial charge in [0.05, 0.1) is 30.3 Å². The van der Waals surface area contributed by atoms with Gasteiger partial charge in [0.1, 0.15) is 18.0 Å². The Balaban J connectivity index is 2.68. The molecule has 15 heteroatoms. The van der Waals surface area contributed by atoms with Crippen LogP contribution in [0.4, 0.5) is 5.69 Å². The van der Waals surface area contributed by atoms with Crippen LogP contribution in [0.5, 0.6) is 5.75 Å². The molecule has 244 valence electrons. The van der Waals surface area contributed by atoms with Crippen LogP contribution in [-0.2, 0) is 37.1 Å². The van der Waals surface area contributed by atoms with E-state index in [1.54, 1.807) is 13.8 Å². The topological polar surface area (TPSA) is 142 Å². The van der Waals surface area contributed by atoms with Crippen molar-refractivity contribution in [1.29, 1.82) is 0 Å². The minimum Gasteiger partial charge on any atom is -0.465 e. The molecule has 2 rings (SSSR count). The third-order valence-corrected chi connectivity index (χ3v) is 8.91. The lowest BCUT2D eigenvalue weighted by atomic mass is 9.91. The zero-order valence-electron chi connectivity index (χ0n) is 27.3. The van der Waals surface area contributed by atoms with Crippen LogP contribution in [-0.4, -0.2) is 85.7 Å². The summed E-state index contributed by atoms with van der Waals surface area (Å²) >= 11 is 0. The smallest absolute Gasteiger partial charge is 0.320 e. The fourth-order valence-electron chi connectivity index (χ4n) is 4.58. The van der Waals surface area contributed by atoms with E-state index in [1.165, 1.54) is 24.3 Å². The van der Waals surface area contributed by atoms with Crippen molar-refractivity contribution in [3.8, 4) is 5.75 Å². The van der Waals surface area contributed by atoms with E-state index in [4.69, 9.17) is 32.2 Å². The fraction of sp³-hybridized carbons (Fsp3) is 0.714. The molecule has 1 aromatic rings. The summed E-state index contributed by atoms with van der Waals surface area (Å²) in [6.07, 6.45) is -4.12. The van der Waals surface area contributed by atoms with Crippen LogP contribution >= 0.6 is 0 Å². The summed E-state index contributed by atoms with van der Waals surface area (Å²) in [6.45, 7) is 21.9. The van der Waals surface area contributed by atoms with Crippen molar-refractivity contribution < 1.29 is 46.7 Å². The van der Waals surface area contributed by atoms with E-state index >= 15 is 0 Å². The minimum absolute atomic E-state index is 0.0834. The molecule has 0 unspecified atom stereocenters. The summed E-state index contributed by atoms with van der Waals surface area (Å²) in [5, 5.41) is 11.2. The molecule has 0 amide bonds. The Morgan fingerprint density at radius 2 is 1.23 bits per heavy atom. The molecule has 0 aliphatic carbocycles. The Morgan fingerprint density at radius 1 is 0.791 bits per heavy atom. The molecule has 0 aromatic heterocycles. The maximum absolute atomic E-state index is 13.0. The first-order valence-electron chi connectivity index (χ1n) is 14.7. The average molecular weight is 660 g/mol. The highest BCUT2D eigenvalue weighted by Crippen LogP contribution is 2.37. The number of benzene rings is 1. The number of ether oxygens (including phenoxy) is 4. The SMILES string of the molecule is CCOC(=O)C(C[C@H]1O[C@H](Oc2ccc([N+](=O)[O-])cc2)[C@@H](O[Si](C)(C)C)[C@@H](O[Si](C)(C)C)[C@@H]1O[Si](C)(C)C)C(=O)OCC. The van der Waals surface area contributed by atoms with Gasteiger partial charge in [0.15, 0.2) is 30.9 Å². The average Bonchev–Trinajstić information content (AvgIpc) is 2.84. The lowest BCUT2D eigenvalue weighted by Crippen LogP contribution is -2.66. The first-order chi connectivity index (χ1) is 19.7. The van der Waals surface area contributed by atoms with Gasteiger partial charge in [-0.2, -0.15) is 0 Å². The number of carbonyl (C=O) groups is 2. The maximum Gasteiger partial charge on any atom is 0.320 e. The quantitative estimate of drug-likeness (QED) is 0.0775. The summed E-state index contributed by atoms with van der Waals surface area (Å²) in [5.74, 6) is -2.37. The van der Waals surface area contributed by atoms with Crippen LogP contribution in [0, 0.1) is 16.0 Å². The molecule has 0 N–H and O–H groups in total. The number of nitro groups is 1. The molecule has 0 spiro atoms. The summed E-state index contributed by atoms with van der Waals surface area (Å²) in [7, 11) is -6.77. The van der Waals surface area contributed by atoms with E-state index in [-0.39, 0.29) is 25.3 Å². The summed E-state index contributed by atoms with van der Waals surface area (Å²) in [5.41, 5.74) is -0.0834. The zero-order valence-corrected chi connectivity index (χ0v) is 30.3. The summed E-state index contributed by atoms with van der Waals surface area (Å²) < 4.78 is 43.6. The van der Waals surface area contributed by atoms with E-state index in [0.717, 1.165) is 0 Å². The van der Waals surface area contributed by atoms with Crippen molar-refractivity contribution >= 4 is 42.6 Å². The van der Waals surface area contributed by atoms with Gasteiger partial charge in [0.2, 0.25) is 6.29 Å². The van der Waals surface area contributed by atoms with Crippen LogP contribution in [0.15, 0.2) is 24.3 Å². The molecular weight excluding hydrogens is 611 g/mol. The molecule has 1 fully saturated rings. The van der Waals surface area contributed by atoms with Gasteiger partial charge in [-0.3, -0.25) is 19.7 Å². The van der Waals surface area contributed by atoms with E-state index < -0.39 is 78.4 Å². The molecule has 0 bridgehead atoms. The Bertz CT molecular complexity index is 1070. The van der Waals surface area contributed by atoms with Crippen molar-refractivity contribution in [1.82, 2.24) is 0 Å². The number of hydrogen-bond acceptors (Lipinski definition) is 11.